The van der Waals surface area contributed by atoms with E-state index in [0.717, 1.165) is 18.4 Å². The number of primary amides is 1. The quantitative estimate of drug-likeness (QED) is 0.332. The smallest absolute Gasteiger partial charge is 0.369 e. The van der Waals surface area contributed by atoms with Crippen molar-refractivity contribution in [2.45, 2.75) is 64.0 Å². The van der Waals surface area contributed by atoms with E-state index in [1.165, 1.54) is 4.90 Å². The number of anilines is 1. The third kappa shape index (κ3) is 8.57. The van der Waals surface area contributed by atoms with E-state index in [0.29, 0.717) is 29.1 Å². The van der Waals surface area contributed by atoms with Gasteiger partial charge in [0.2, 0.25) is 18.0 Å². The molecule has 0 radical (unpaired) electrons. The maximum atomic E-state index is 13.9. The van der Waals surface area contributed by atoms with Gasteiger partial charge in [0, 0.05) is 42.3 Å². The lowest BCUT2D eigenvalue weighted by molar-refractivity contribution is -0.152. The number of benzodiazepines with no additional fused rings is 1. The SMILES string of the molecule is Cc1ccc(C2=N[C@H](NC(=O)[C@H](CCC(F)(F)F)[C@H](CCC(F)(F)F)C(N)=O)C(=O)N(CC3CC3)c3ccccc32)cc1. The Bertz CT molecular complexity index is 1370. The monoisotopic (exact) mass is 610 g/mol. The zero-order valence-electron chi connectivity index (χ0n) is 23.3. The van der Waals surface area contributed by atoms with E-state index in [1.807, 2.05) is 19.1 Å². The van der Waals surface area contributed by atoms with Crippen molar-refractivity contribution in [2.75, 3.05) is 11.4 Å². The van der Waals surface area contributed by atoms with Gasteiger partial charge in [0.25, 0.3) is 5.91 Å². The molecule has 3 amide bonds. The van der Waals surface area contributed by atoms with Gasteiger partial charge in [-0.15, -0.1) is 0 Å². The summed E-state index contributed by atoms with van der Waals surface area (Å²) in [6.45, 7) is 2.19. The minimum Gasteiger partial charge on any atom is -0.369 e. The van der Waals surface area contributed by atoms with Crippen molar-refractivity contribution in [2.24, 2.45) is 28.5 Å². The highest BCUT2D eigenvalue weighted by Crippen LogP contribution is 2.36. The molecule has 13 heteroatoms. The number of halogens is 6. The number of para-hydroxylation sites is 1. The summed E-state index contributed by atoms with van der Waals surface area (Å²) >= 11 is 0. The minimum absolute atomic E-state index is 0.204. The average molecular weight is 611 g/mol. The Kier molecular flexibility index (Phi) is 9.50. The van der Waals surface area contributed by atoms with E-state index in [1.54, 1.807) is 36.4 Å². The first kappa shape index (κ1) is 32.0. The average Bonchev–Trinajstić information content (AvgIpc) is 3.75. The molecule has 43 heavy (non-hydrogen) atoms. The second-order valence-corrected chi connectivity index (χ2v) is 11.1. The molecule has 3 atom stereocenters. The van der Waals surface area contributed by atoms with Gasteiger partial charge in [-0.25, -0.2) is 4.99 Å². The molecule has 1 aliphatic heterocycles. The number of nitrogens with zero attached hydrogens (tertiary/aromatic N) is 2. The van der Waals surface area contributed by atoms with Crippen molar-refractivity contribution in [1.29, 1.82) is 0 Å². The number of carbonyl (C=O) groups is 3. The second-order valence-electron chi connectivity index (χ2n) is 11.1. The van der Waals surface area contributed by atoms with E-state index in [4.69, 9.17) is 5.73 Å². The summed E-state index contributed by atoms with van der Waals surface area (Å²) in [6.07, 6.45) is -14.4. The molecule has 0 saturated heterocycles. The summed E-state index contributed by atoms with van der Waals surface area (Å²) in [5.41, 5.74) is 8.32. The number of carbonyl (C=O) groups excluding carboxylic acids is 3. The fourth-order valence-corrected chi connectivity index (χ4v) is 5.15. The van der Waals surface area contributed by atoms with Crippen molar-refractivity contribution in [3.8, 4) is 0 Å². The number of fused-ring (bicyclic) bond motifs is 1. The Morgan fingerprint density at radius 2 is 1.53 bits per heavy atom. The maximum absolute atomic E-state index is 13.9. The molecular formula is C30H32F6N4O3. The van der Waals surface area contributed by atoms with E-state index < -0.39 is 73.8 Å². The van der Waals surface area contributed by atoms with E-state index in [9.17, 15) is 40.7 Å². The van der Waals surface area contributed by atoms with Crippen LogP contribution in [0, 0.1) is 24.7 Å². The van der Waals surface area contributed by atoms with Crippen molar-refractivity contribution < 1.29 is 40.7 Å². The third-order valence-corrected chi connectivity index (χ3v) is 7.62. The first-order valence-corrected chi connectivity index (χ1v) is 13.9. The number of amides is 3. The van der Waals surface area contributed by atoms with Gasteiger partial charge in [-0.1, -0.05) is 48.0 Å². The van der Waals surface area contributed by atoms with Gasteiger partial charge < -0.3 is 16.0 Å². The van der Waals surface area contributed by atoms with Gasteiger partial charge in [-0.2, -0.15) is 26.3 Å². The normalized spacial score (nSPS) is 18.8. The highest BCUT2D eigenvalue weighted by Gasteiger charge is 2.42. The lowest BCUT2D eigenvalue weighted by Crippen LogP contribution is -2.51. The summed E-state index contributed by atoms with van der Waals surface area (Å²) in [6, 6.07) is 14.2. The zero-order valence-corrected chi connectivity index (χ0v) is 23.3. The molecule has 0 unspecified atom stereocenters. The number of nitrogens with two attached hydrogens (primary N) is 1. The summed E-state index contributed by atoms with van der Waals surface area (Å²) in [7, 11) is 0. The van der Waals surface area contributed by atoms with Crippen LogP contribution in [0.1, 0.15) is 55.2 Å². The molecule has 0 spiro atoms. The van der Waals surface area contributed by atoms with E-state index in [-0.39, 0.29) is 5.92 Å². The highest BCUT2D eigenvalue weighted by atomic mass is 19.4. The predicted octanol–water partition coefficient (Wildman–Crippen LogP) is 5.43. The molecular weight excluding hydrogens is 578 g/mol. The van der Waals surface area contributed by atoms with Crippen LogP contribution in [0.15, 0.2) is 53.5 Å². The summed E-state index contributed by atoms with van der Waals surface area (Å²) in [5, 5.41) is 2.37. The Morgan fingerprint density at radius 1 is 0.953 bits per heavy atom. The summed E-state index contributed by atoms with van der Waals surface area (Å²) in [5.74, 6) is -6.74. The van der Waals surface area contributed by atoms with Gasteiger partial charge in [-0.05, 0) is 44.6 Å². The number of alkyl halides is 6. The van der Waals surface area contributed by atoms with Crippen LogP contribution in [0.2, 0.25) is 0 Å². The van der Waals surface area contributed by atoms with Crippen molar-refractivity contribution in [3.05, 3.63) is 65.2 Å². The molecule has 3 N–H and O–H groups in total. The molecule has 2 aromatic carbocycles. The van der Waals surface area contributed by atoms with Crippen molar-refractivity contribution in [3.63, 3.8) is 0 Å². The number of hydrogen-bond acceptors (Lipinski definition) is 4. The standard InChI is InChI=1S/C30H32F6N4O3/c1-17-6-10-19(11-7-17)24-22-4-2-3-5-23(22)40(16-18-8-9-18)28(43)26(38-24)39-27(42)21(13-15-30(34,35)36)20(25(37)41)12-14-29(31,32)33/h2-7,10-11,18,20-21,26H,8-9,12-16H2,1H3,(H2,37,41)(H,39,42)/t20-,21+,26+/m0/s1. The minimum atomic E-state index is -4.76. The first-order chi connectivity index (χ1) is 20.1. The number of aliphatic imine (C=N–C) groups is 1. The van der Waals surface area contributed by atoms with E-state index in [2.05, 4.69) is 10.3 Å². The molecule has 1 fully saturated rings. The van der Waals surface area contributed by atoms with Gasteiger partial charge in [-0.3, -0.25) is 14.4 Å². The lowest BCUT2D eigenvalue weighted by Gasteiger charge is -2.28. The molecule has 1 heterocycles. The van der Waals surface area contributed by atoms with E-state index >= 15 is 0 Å². The number of rotatable bonds is 11. The van der Waals surface area contributed by atoms with Crippen LogP contribution in [-0.4, -0.2) is 48.5 Å². The molecule has 2 aromatic rings. The maximum Gasteiger partial charge on any atom is 0.389 e. The third-order valence-electron chi connectivity index (χ3n) is 7.62. The van der Waals surface area contributed by atoms with Crippen LogP contribution in [-0.2, 0) is 14.4 Å². The number of benzene rings is 2. The van der Waals surface area contributed by atoms with Gasteiger partial charge in [0.15, 0.2) is 0 Å². The van der Waals surface area contributed by atoms with Crippen LogP contribution in [0.4, 0.5) is 32.0 Å². The second kappa shape index (κ2) is 12.8. The first-order valence-electron chi connectivity index (χ1n) is 13.9. The van der Waals surface area contributed by atoms with Crippen LogP contribution in [0.5, 0.6) is 0 Å². The molecule has 1 aliphatic carbocycles. The Hall–Kier alpha value is -3.90. The van der Waals surface area contributed by atoms with Crippen LogP contribution < -0.4 is 16.0 Å². The number of nitrogens with one attached hydrogen (secondary N) is 1. The molecule has 0 bridgehead atoms. The Balaban J connectivity index is 1.74. The highest BCUT2D eigenvalue weighted by molar-refractivity contribution is 6.20. The molecule has 1 saturated carbocycles. The Morgan fingerprint density at radius 3 is 2.09 bits per heavy atom. The predicted molar refractivity (Wildman–Crippen MR) is 147 cm³/mol. The van der Waals surface area contributed by atoms with Crippen molar-refractivity contribution >= 4 is 29.1 Å². The van der Waals surface area contributed by atoms with Crippen LogP contribution >= 0.6 is 0 Å². The topological polar surface area (TPSA) is 105 Å². The zero-order chi connectivity index (χ0) is 31.5. The van der Waals surface area contributed by atoms with Crippen LogP contribution in [0.25, 0.3) is 0 Å². The molecule has 232 valence electrons. The fraction of sp³-hybridized carbons (Fsp3) is 0.467. The fourth-order valence-electron chi connectivity index (χ4n) is 5.15. The number of aryl methyl sites for hydroxylation is 1. The largest absolute Gasteiger partial charge is 0.389 e. The lowest BCUT2D eigenvalue weighted by atomic mass is 9.83. The molecule has 7 nitrogen and oxygen atoms in total. The van der Waals surface area contributed by atoms with Gasteiger partial charge >= 0.3 is 12.4 Å². The van der Waals surface area contributed by atoms with Crippen LogP contribution in [0.3, 0.4) is 0 Å². The molecule has 0 aromatic heterocycles. The van der Waals surface area contributed by atoms with Gasteiger partial charge in [0.05, 0.1) is 11.4 Å². The van der Waals surface area contributed by atoms with Crippen molar-refractivity contribution in [1.82, 2.24) is 5.32 Å². The van der Waals surface area contributed by atoms with Gasteiger partial charge in [0.1, 0.15) is 0 Å². The molecule has 4 rings (SSSR count). The molecule has 2 aliphatic rings. The Labute approximate surface area is 244 Å². The number of hydrogen-bond donors (Lipinski definition) is 2. The summed E-state index contributed by atoms with van der Waals surface area (Å²) in [4.78, 5) is 45.7. The summed E-state index contributed by atoms with van der Waals surface area (Å²) < 4.78 is 78.5.